The van der Waals surface area contributed by atoms with Gasteiger partial charge < -0.3 is 20.1 Å². The zero-order valence-electron chi connectivity index (χ0n) is 15.2. The fourth-order valence-corrected chi connectivity index (χ4v) is 2.64. The average molecular weight is 507 g/mol. The van der Waals surface area contributed by atoms with Crippen molar-refractivity contribution >= 4 is 29.9 Å². The molecule has 0 bridgehead atoms. The fraction of sp³-hybridized carbons (Fsp3) is 0.316. The third-order valence-corrected chi connectivity index (χ3v) is 4.11. The lowest BCUT2D eigenvalue weighted by molar-refractivity contribution is -0.137. The fourth-order valence-electron chi connectivity index (χ4n) is 2.64. The average Bonchev–Trinajstić information content (AvgIpc) is 3.12. The molecule has 28 heavy (non-hydrogen) atoms. The molecule has 0 saturated carbocycles. The number of fused-ring (bicyclic) bond motifs is 1. The van der Waals surface area contributed by atoms with Crippen LogP contribution in [0.1, 0.15) is 16.7 Å². The Hall–Kier alpha value is -2.17. The van der Waals surface area contributed by atoms with Gasteiger partial charge in [-0.2, -0.15) is 13.2 Å². The maximum Gasteiger partial charge on any atom is 0.416 e. The summed E-state index contributed by atoms with van der Waals surface area (Å²) in [7, 11) is 1.66. The van der Waals surface area contributed by atoms with E-state index in [1.165, 1.54) is 12.1 Å². The van der Waals surface area contributed by atoms with Crippen molar-refractivity contribution in [2.75, 3.05) is 20.4 Å². The first-order valence-electron chi connectivity index (χ1n) is 8.45. The van der Waals surface area contributed by atoms with Gasteiger partial charge in [-0.3, -0.25) is 4.99 Å². The van der Waals surface area contributed by atoms with Crippen molar-refractivity contribution in [1.29, 1.82) is 0 Å². The Kier molecular flexibility index (Phi) is 7.78. The van der Waals surface area contributed by atoms with E-state index in [2.05, 4.69) is 15.6 Å². The number of halogens is 4. The highest BCUT2D eigenvalue weighted by molar-refractivity contribution is 14.0. The Morgan fingerprint density at radius 1 is 1.00 bits per heavy atom. The Morgan fingerprint density at radius 3 is 2.36 bits per heavy atom. The van der Waals surface area contributed by atoms with Gasteiger partial charge in [0.2, 0.25) is 6.79 Å². The van der Waals surface area contributed by atoms with Crippen molar-refractivity contribution in [3.8, 4) is 11.5 Å². The van der Waals surface area contributed by atoms with Gasteiger partial charge in [-0.1, -0.05) is 18.2 Å². The molecule has 0 saturated heterocycles. The minimum atomic E-state index is -4.31. The molecule has 0 spiro atoms. The van der Waals surface area contributed by atoms with E-state index in [4.69, 9.17) is 9.47 Å². The Bertz CT molecular complexity index is 811. The highest BCUT2D eigenvalue weighted by atomic mass is 127. The van der Waals surface area contributed by atoms with Crippen LogP contribution in [0, 0.1) is 0 Å². The third kappa shape index (κ3) is 5.91. The van der Waals surface area contributed by atoms with Crippen molar-refractivity contribution in [1.82, 2.24) is 10.6 Å². The van der Waals surface area contributed by atoms with E-state index < -0.39 is 11.7 Å². The van der Waals surface area contributed by atoms with Crippen LogP contribution in [-0.2, 0) is 19.1 Å². The van der Waals surface area contributed by atoms with Gasteiger partial charge in [0.05, 0.1) is 5.56 Å². The van der Waals surface area contributed by atoms with Gasteiger partial charge in [0, 0.05) is 20.1 Å². The van der Waals surface area contributed by atoms with Gasteiger partial charge in [-0.05, 0) is 41.8 Å². The number of benzene rings is 2. The lowest BCUT2D eigenvalue weighted by atomic mass is 10.1. The molecule has 0 atom stereocenters. The molecule has 0 aromatic heterocycles. The van der Waals surface area contributed by atoms with Crippen molar-refractivity contribution < 1.29 is 22.6 Å². The lowest BCUT2D eigenvalue weighted by Crippen LogP contribution is -2.37. The van der Waals surface area contributed by atoms with Gasteiger partial charge >= 0.3 is 6.18 Å². The number of guanidine groups is 1. The molecule has 9 heteroatoms. The molecule has 152 valence electrons. The summed E-state index contributed by atoms with van der Waals surface area (Å²) in [5, 5.41) is 6.33. The molecule has 1 aliphatic rings. The normalized spacial score (nSPS) is 13.1. The first kappa shape index (κ1) is 22.1. The molecule has 2 N–H and O–H groups in total. The number of hydrogen-bond donors (Lipinski definition) is 2. The predicted molar refractivity (Wildman–Crippen MR) is 111 cm³/mol. The van der Waals surface area contributed by atoms with Gasteiger partial charge in [0.25, 0.3) is 0 Å². The van der Waals surface area contributed by atoms with Crippen molar-refractivity contribution in [3.05, 3.63) is 59.2 Å². The van der Waals surface area contributed by atoms with Crippen LogP contribution in [0.3, 0.4) is 0 Å². The summed E-state index contributed by atoms with van der Waals surface area (Å²) >= 11 is 0. The van der Waals surface area contributed by atoms with Crippen LogP contribution in [0.25, 0.3) is 0 Å². The standard InChI is InChI=1S/C19H20F3N3O2.HI/c1-23-18(25-11-14-4-7-16-17(10-14)27-12-26-16)24-9-8-13-2-5-15(6-3-13)19(20,21)22;/h2-7,10H,8-9,11-12H2,1H3,(H2,23,24,25);1H. The number of nitrogens with zero attached hydrogens (tertiary/aromatic N) is 1. The SMILES string of the molecule is CN=C(NCCc1ccc(C(F)(F)F)cc1)NCc1ccc2c(c1)OCO2.I. The van der Waals surface area contributed by atoms with Crippen LogP contribution in [-0.4, -0.2) is 26.3 Å². The molecular weight excluding hydrogens is 486 g/mol. The molecule has 2 aromatic carbocycles. The summed E-state index contributed by atoms with van der Waals surface area (Å²) in [4.78, 5) is 4.14. The maximum absolute atomic E-state index is 12.6. The molecule has 0 unspecified atom stereocenters. The summed E-state index contributed by atoms with van der Waals surface area (Å²) in [6.45, 7) is 1.34. The second-order valence-corrected chi connectivity index (χ2v) is 5.98. The molecule has 3 rings (SSSR count). The van der Waals surface area contributed by atoms with Gasteiger partial charge in [-0.15, -0.1) is 24.0 Å². The van der Waals surface area contributed by atoms with Crippen molar-refractivity contribution in [3.63, 3.8) is 0 Å². The second-order valence-electron chi connectivity index (χ2n) is 5.98. The van der Waals surface area contributed by atoms with Crippen LogP contribution < -0.4 is 20.1 Å². The molecule has 1 aliphatic heterocycles. The topological polar surface area (TPSA) is 54.9 Å². The van der Waals surface area contributed by atoms with E-state index in [1.807, 2.05) is 18.2 Å². The van der Waals surface area contributed by atoms with E-state index >= 15 is 0 Å². The first-order chi connectivity index (χ1) is 13.0. The minimum Gasteiger partial charge on any atom is -0.454 e. The summed E-state index contributed by atoms with van der Waals surface area (Å²) in [6, 6.07) is 10.9. The molecule has 0 radical (unpaired) electrons. The van der Waals surface area contributed by atoms with Gasteiger partial charge in [0.15, 0.2) is 17.5 Å². The quantitative estimate of drug-likeness (QED) is 0.366. The number of alkyl halides is 3. The minimum absolute atomic E-state index is 0. The highest BCUT2D eigenvalue weighted by Crippen LogP contribution is 2.32. The largest absolute Gasteiger partial charge is 0.454 e. The second kappa shape index (κ2) is 9.85. The zero-order valence-corrected chi connectivity index (χ0v) is 17.5. The molecule has 2 aromatic rings. The zero-order chi connectivity index (χ0) is 19.3. The van der Waals surface area contributed by atoms with E-state index in [1.54, 1.807) is 7.05 Å². The number of aliphatic imine (C=N–C) groups is 1. The molecule has 0 fully saturated rings. The lowest BCUT2D eigenvalue weighted by Gasteiger charge is -2.12. The van der Waals surface area contributed by atoms with Crippen molar-refractivity contribution in [2.45, 2.75) is 19.1 Å². The molecule has 0 amide bonds. The summed E-state index contributed by atoms with van der Waals surface area (Å²) in [5.74, 6) is 2.07. The monoisotopic (exact) mass is 507 g/mol. The molecule has 0 aliphatic carbocycles. The number of rotatable bonds is 5. The Labute approximate surface area is 178 Å². The molecular formula is C19H21F3IN3O2. The maximum atomic E-state index is 12.6. The van der Waals surface area contributed by atoms with Crippen LogP contribution in [0.2, 0.25) is 0 Å². The van der Waals surface area contributed by atoms with Gasteiger partial charge in [0.1, 0.15) is 0 Å². The van der Waals surface area contributed by atoms with Crippen molar-refractivity contribution in [2.24, 2.45) is 4.99 Å². The Balaban J connectivity index is 0.00000280. The van der Waals surface area contributed by atoms with Crippen LogP contribution in [0.5, 0.6) is 11.5 Å². The number of ether oxygens (including phenoxy) is 2. The van der Waals surface area contributed by atoms with Crippen LogP contribution >= 0.6 is 24.0 Å². The Morgan fingerprint density at radius 2 is 1.68 bits per heavy atom. The van der Waals surface area contributed by atoms with E-state index in [9.17, 15) is 13.2 Å². The summed E-state index contributed by atoms with van der Waals surface area (Å²) < 4.78 is 48.3. The van der Waals surface area contributed by atoms with E-state index in [-0.39, 0.29) is 30.8 Å². The highest BCUT2D eigenvalue weighted by Gasteiger charge is 2.29. The number of nitrogens with one attached hydrogen (secondary N) is 2. The predicted octanol–water partition coefficient (Wildman–Crippen LogP) is 3.96. The third-order valence-electron chi connectivity index (χ3n) is 4.11. The van der Waals surface area contributed by atoms with E-state index in [0.29, 0.717) is 25.5 Å². The van der Waals surface area contributed by atoms with E-state index in [0.717, 1.165) is 34.8 Å². The molecule has 5 nitrogen and oxygen atoms in total. The summed E-state index contributed by atoms with van der Waals surface area (Å²) in [5.41, 5.74) is 1.20. The molecule has 1 heterocycles. The van der Waals surface area contributed by atoms with Crippen LogP contribution in [0.4, 0.5) is 13.2 Å². The first-order valence-corrected chi connectivity index (χ1v) is 8.45. The van der Waals surface area contributed by atoms with Gasteiger partial charge in [-0.25, -0.2) is 0 Å². The summed E-state index contributed by atoms with van der Waals surface area (Å²) in [6.07, 6.45) is -3.72. The van der Waals surface area contributed by atoms with Crippen LogP contribution in [0.15, 0.2) is 47.5 Å². The smallest absolute Gasteiger partial charge is 0.416 e. The number of hydrogen-bond acceptors (Lipinski definition) is 3.